The van der Waals surface area contributed by atoms with Gasteiger partial charge in [0.2, 0.25) is 5.91 Å². The summed E-state index contributed by atoms with van der Waals surface area (Å²) in [5.74, 6) is 2.37. The van der Waals surface area contributed by atoms with Gasteiger partial charge in [-0.15, -0.1) is 11.3 Å². The molecular weight excluding hydrogens is 607 g/mol. The number of hydrogen-bond donors (Lipinski definition) is 1. The van der Waals surface area contributed by atoms with Crippen LogP contribution in [-0.4, -0.2) is 39.0 Å². The quantitative estimate of drug-likeness (QED) is 0.207. The van der Waals surface area contributed by atoms with Crippen LogP contribution in [0.5, 0.6) is 5.75 Å². The van der Waals surface area contributed by atoms with Crippen LogP contribution in [0.2, 0.25) is 18.1 Å². The third-order valence-corrected chi connectivity index (χ3v) is 16.1. The molecule has 2 aliphatic carbocycles. The van der Waals surface area contributed by atoms with Gasteiger partial charge in [0.15, 0.2) is 13.4 Å². The number of amides is 1. The number of thiazole rings is 1. The normalized spacial score (nSPS) is 22.3. The topological polar surface area (TPSA) is 63.7 Å². The molecule has 0 radical (unpaired) electrons. The predicted octanol–water partition coefficient (Wildman–Crippen LogP) is 9.96. The van der Waals surface area contributed by atoms with Crippen LogP contribution in [0.3, 0.4) is 0 Å². The Bertz CT molecular complexity index is 1420. The summed E-state index contributed by atoms with van der Waals surface area (Å²) in [6, 6.07) is 15.2. The van der Waals surface area contributed by atoms with E-state index >= 15 is 0 Å². The second kappa shape index (κ2) is 15.0. The monoisotopic (exact) mass is 661 g/mol. The molecule has 0 bridgehead atoms. The molecular formula is C38H55N3O3SSi. The van der Waals surface area contributed by atoms with E-state index in [2.05, 4.69) is 98.5 Å². The lowest BCUT2D eigenvalue weighted by Crippen LogP contribution is -2.46. The molecule has 8 heteroatoms. The van der Waals surface area contributed by atoms with E-state index in [-0.39, 0.29) is 17.1 Å². The maximum Gasteiger partial charge on any atom is 0.230 e. The summed E-state index contributed by atoms with van der Waals surface area (Å²) in [7, 11) is -0.0911. The zero-order valence-corrected chi connectivity index (χ0v) is 30.9. The molecule has 0 spiro atoms. The van der Waals surface area contributed by atoms with Crippen molar-refractivity contribution >= 4 is 36.4 Å². The van der Waals surface area contributed by atoms with Crippen LogP contribution in [0.1, 0.15) is 94.7 Å². The SMILES string of the molecule is COc1ccc(C2CCC(CN(C(=O)C3CCC(O[Si](C)(C)C(C)(C)C)CC3)c3cccc(CNc4nccs4)c3)CC2)cc1C. The maximum absolute atomic E-state index is 14.4. The molecule has 0 saturated heterocycles. The average Bonchev–Trinajstić information content (AvgIpc) is 3.56. The molecule has 0 atom stereocenters. The van der Waals surface area contributed by atoms with Gasteiger partial charge in [-0.25, -0.2) is 4.98 Å². The molecule has 1 aromatic heterocycles. The maximum atomic E-state index is 14.4. The van der Waals surface area contributed by atoms with E-state index in [0.717, 1.165) is 80.0 Å². The van der Waals surface area contributed by atoms with Crippen molar-refractivity contribution in [2.75, 3.05) is 23.9 Å². The van der Waals surface area contributed by atoms with Crippen molar-refractivity contribution in [1.82, 2.24) is 4.98 Å². The predicted molar refractivity (Wildman–Crippen MR) is 195 cm³/mol. The number of methoxy groups -OCH3 is 1. The fourth-order valence-corrected chi connectivity index (χ4v) is 8.93. The first-order valence-electron chi connectivity index (χ1n) is 17.3. The van der Waals surface area contributed by atoms with Gasteiger partial charge in [-0.1, -0.05) is 45.0 Å². The molecule has 0 aliphatic heterocycles. The molecule has 1 amide bonds. The van der Waals surface area contributed by atoms with Gasteiger partial charge in [0.1, 0.15) is 5.75 Å². The highest BCUT2D eigenvalue weighted by Gasteiger charge is 2.41. The molecule has 0 unspecified atom stereocenters. The third kappa shape index (κ3) is 8.61. The fraction of sp³-hybridized carbons (Fsp3) is 0.579. The van der Waals surface area contributed by atoms with Crippen molar-refractivity contribution in [1.29, 1.82) is 0 Å². The standard InChI is InChI=1S/C38H55N3O3SSi/c1-27-23-32(17-20-35(27)43-5)30-13-11-28(12-14-30)26-41(33-10-8-9-29(24-33)25-40-37-39-21-22-45-37)36(42)31-15-18-34(19-16-31)44-46(6,7)38(2,3)4/h8-10,17,20-24,28,30-31,34H,11-16,18-19,25-26H2,1-7H3,(H,39,40). The fourth-order valence-electron chi connectivity index (χ4n) is 6.98. The Kier molecular flexibility index (Phi) is 11.3. The lowest BCUT2D eigenvalue weighted by atomic mass is 9.78. The Labute approximate surface area is 282 Å². The number of benzene rings is 2. The molecule has 250 valence electrons. The molecule has 2 saturated carbocycles. The summed E-state index contributed by atoms with van der Waals surface area (Å²) in [6.07, 6.45) is 10.4. The van der Waals surface area contributed by atoms with Gasteiger partial charge in [-0.05, 0) is 123 Å². The lowest BCUT2D eigenvalue weighted by Gasteiger charge is -2.41. The largest absolute Gasteiger partial charge is 0.496 e. The first-order chi connectivity index (χ1) is 21.9. The van der Waals surface area contributed by atoms with Crippen molar-refractivity contribution in [2.45, 2.75) is 116 Å². The van der Waals surface area contributed by atoms with Crippen molar-refractivity contribution in [2.24, 2.45) is 11.8 Å². The van der Waals surface area contributed by atoms with Crippen molar-refractivity contribution in [3.05, 3.63) is 70.7 Å². The van der Waals surface area contributed by atoms with E-state index in [4.69, 9.17) is 9.16 Å². The Morgan fingerprint density at radius 1 is 1.02 bits per heavy atom. The summed E-state index contributed by atoms with van der Waals surface area (Å²) in [4.78, 5) is 20.9. The third-order valence-electron chi connectivity index (χ3n) is 10.8. The van der Waals surface area contributed by atoms with Crippen molar-refractivity contribution < 1.29 is 14.0 Å². The summed E-state index contributed by atoms with van der Waals surface area (Å²) in [6.45, 7) is 15.2. The minimum atomic E-state index is -1.83. The van der Waals surface area contributed by atoms with Gasteiger partial charge >= 0.3 is 0 Å². The number of nitrogens with one attached hydrogen (secondary N) is 1. The minimum absolute atomic E-state index is 0.0509. The molecule has 2 fully saturated rings. The van der Waals surface area contributed by atoms with Crippen LogP contribution in [-0.2, 0) is 15.8 Å². The zero-order valence-electron chi connectivity index (χ0n) is 29.1. The van der Waals surface area contributed by atoms with Gasteiger partial charge in [-0.3, -0.25) is 4.79 Å². The van der Waals surface area contributed by atoms with Gasteiger partial charge in [-0.2, -0.15) is 0 Å². The van der Waals surface area contributed by atoms with Crippen molar-refractivity contribution in [3.8, 4) is 5.75 Å². The molecule has 3 aromatic rings. The number of ether oxygens (including phenoxy) is 1. The first kappa shape index (κ1) is 34.6. The van der Waals surface area contributed by atoms with Crippen LogP contribution >= 0.6 is 11.3 Å². The Hall–Kier alpha value is -2.68. The summed E-state index contributed by atoms with van der Waals surface area (Å²) in [5.41, 5.74) is 4.81. The molecule has 46 heavy (non-hydrogen) atoms. The highest BCUT2D eigenvalue weighted by molar-refractivity contribution is 7.13. The lowest BCUT2D eigenvalue weighted by molar-refractivity contribution is -0.124. The molecule has 6 nitrogen and oxygen atoms in total. The van der Waals surface area contributed by atoms with Gasteiger partial charge in [0.05, 0.1) is 7.11 Å². The number of hydrogen-bond acceptors (Lipinski definition) is 6. The second-order valence-corrected chi connectivity index (χ2v) is 20.8. The van der Waals surface area contributed by atoms with Crippen molar-refractivity contribution in [3.63, 3.8) is 0 Å². The number of carbonyl (C=O) groups excluding carboxylic acids is 1. The van der Waals surface area contributed by atoms with E-state index in [0.29, 0.717) is 24.3 Å². The number of anilines is 2. The van der Waals surface area contributed by atoms with Crippen LogP contribution in [0, 0.1) is 18.8 Å². The Morgan fingerprint density at radius 2 is 1.76 bits per heavy atom. The average molecular weight is 662 g/mol. The van der Waals surface area contributed by atoms with E-state index in [1.807, 2.05) is 11.6 Å². The number of aromatic nitrogens is 1. The number of carbonyl (C=O) groups is 1. The summed E-state index contributed by atoms with van der Waals surface area (Å²) >= 11 is 1.60. The van der Waals surface area contributed by atoms with Crippen LogP contribution in [0.4, 0.5) is 10.8 Å². The van der Waals surface area contributed by atoms with E-state index in [1.54, 1.807) is 18.4 Å². The molecule has 5 rings (SSSR count). The van der Waals surface area contributed by atoms with Crippen LogP contribution in [0.15, 0.2) is 54.0 Å². The second-order valence-electron chi connectivity index (χ2n) is 15.1. The van der Waals surface area contributed by atoms with E-state index < -0.39 is 8.32 Å². The summed E-state index contributed by atoms with van der Waals surface area (Å²) in [5, 5.41) is 6.52. The summed E-state index contributed by atoms with van der Waals surface area (Å²) < 4.78 is 12.3. The van der Waals surface area contributed by atoms with E-state index in [9.17, 15) is 4.79 Å². The first-order valence-corrected chi connectivity index (χ1v) is 21.1. The van der Waals surface area contributed by atoms with E-state index in [1.165, 1.54) is 11.1 Å². The number of rotatable bonds is 11. The Balaban J connectivity index is 1.27. The highest BCUT2D eigenvalue weighted by atomic mass is 32.1. The highest BCUT2D eigenvalue weighted by Crippen LogP contribution is 2.41. The molecule has 1 N–H and O–H groups in total. The van der Waals surface area contributed by atoms with Gasteiger partial charge < -0.3 is 19.4 Å². The van der Waals surface area contributed by atoms with Gasteiger partial charge in [0, 0.05) is 42.4 Å². The molecule has 2 aromatic carbocycles. The number of nitrogens with zero attached hydrogens (tertiary/aromatic N) is 2. The molecule has 1 heterocycles. The van der Waals surface area contributed by atoms with Gasteiger partial charge in [0.25, 0.3) is 0 Å². The van der Waals surface area contributed by atoms with Crippen LogP contribution in [0.25, 0.3) is 0 Å². The zero-order chi connectivity index (χ0) is 32.9. The van der Waals surface area contributed by atoms with Crippen LogP contribution < -0.4 is 15.0 Å². The smallest absolute Gasteiger partial charge is 0.230 e. The number of aryl methyl sites for hydroxylation is 1. The molecule has 2 aliphatic rings. The Morgan fingerprint density at radius 3 is 2.39 bits per heavy atom. The minimum Gasteiger partial charge on any atom is -0.496 e.